The monoisotopic (exact) mass is 372 g/mol. The summed E-state index contributed by atoms with van der Waals surface area (Å²) in [6.07, 6.45) is 0. The topological polar surface area (TPSA) is 66.5 Å². The number of halogens is 1. The number of anilines is 1. The number of nitrogens with zero attached hydrogens (tertiary/aromatic N) is 1. The Morgan fingerprint density at radius 1 is 1.09 bits per heavy atom. The molecule has 0 unspecified atom stereocenters. The number of nitrogens with one attached hydrogen (secondary N) is 1. The highest BCUT2D eigenvalue weighted by Gasteiger charge is 2.35. The molecule has 1 N–H and O–H groups in total. The van der Waals surface area contributed by atoms with E-state index in [-0.39, 0.29) is 24.3 Å². The zero-order chi connectivity index (χ0) is 16.6. The minimum Gasteiger partial charge on any atom is -0.367 e. The third kappa shape index (κ3) is 2.90. The zero-order valence-electron chi connectivity index (χ0n) is 12.3. The molecule has 3 rings (SSSR count). The molecule has 0 saturated carbocycles. The van der Waals surface area contributed by atoms with Crippen LogP contribution in [0.3, 0.4) is 0 Å². The van der Waals surface area contributed by atoms with Crippen LogP contribution < -0.4 is 5.32 Å². The van der Waals surface area contributed by atoms with Gasteiger partial charge < -0.3 is 5.32 Å². The van der Waals surface area contributed by atoms with Crippen molar-refractivity contribution in [1.82, 2.24) is 4.90 Å². The van der Waals surface area contributed by atoms with Crippen molar-refractivity contribution < 1.29 is 14.4 Å². The lowest BCUT2D eigenvalue weighted by Crippen LogP contribution is -2.34. The number of ketones is 1. The summed E-state index contributed by atoms with van der Waals surface area (Å²) in [6, 6.07) is 11.9. The number of hydrogen-bond acceptors (Lipinski definition) is 4. The van der Waals surface area contributed by atoms with Gasteiger partial charge in [-0.25, -0.2) is 0 Å². The standard InChI is InChI=1S/C17H13BrN2O3/c1-10(21)11-3-2-4-13(7-11)19-9-20-16(22)14-6-5-12(18)8-15(14)17(20)23/h2-8,19H,9H2,1H3. The molecule has 1 aliphatic heterocycles. The van der Waals surface area contributed by atoms with Crippen LogP contribution in [-0.4, -0.2) is 29.2 Å². The molecule has 0 bridgehead atoms. The van der Waals surface area contributed by atoms with Crippen molar-refractivity contribution in [2.24, 2.45) is 0 Å². The molecule has 0 atom stereocenters. The third-order valence-corrected chi connectivity index (χ3v) is 4.14. The fraction of sp³-hybridized carbons (Fsp3) is 0.118. The van der Waals surface area contributed by atoms with E-state index in [1.165, 1.54) is 6.92 Å². The molecule has 6 heteroatoms. The molecule has 0 aromatic heterocycles. The highest BCUT2D eigenvalue weighted by atomic mass is 79.9. The molecule has 0 aliphatic carbocycles. The lowest BCUT2D eigenvalue weighted by molar-refractivity contribution is 0.0665. The number of amides is 2. The number of hydrogen-bond donors (Lipinski definition) is 1. The summed E-state index contributed by atoms with van der Waals surface area (Å²) in [7, 11) is 0. The Labute approximate surface area is 141 Å². The van der Waals surface area contributed by atoms with Gasteiger partial charge in [0.1, 0.15) is 0 Å². The van der Waals surface area contributed by atoms with E-state index in [0.29, 0.717) is 22.4 Å². The molecule has 0 spiro atoms. The minimum absolute atomic E-state index is 0.0424. The molecule has 5 nitrogen and oxygen atoms in total. The number of rotatable bonds is 4. The highest BCUT2D eigenvalue weighted by Crippen LogP contribution is 2.26. The van der Waals surface area contributed by atoms with Crippen molar-refractivity contribution in [3.63, 3.8) is 0 Å². The van der Waals surface area contributed by atoms with Crippen LogP contribution in [0.5, 0.6) is 0 Å². The molecular formula is C17H13BrN2O3. The molecule has 2 aromatic rings. The largest absolute Gasteiger partial charge is 0.367 e. The lowest BCUT2D eigenvalue weighted by atomic mass is 10.1. The van der Waals surface area contributed by atoms with E-state index in [9.17, 15) is 14.4 Å². The van der Waals surface area contributed by atoms with Gasteiger partial charge in [0.2, 0.25) is 0 Å². The maximum Gasteiger partial charge on any atom is 0.263 e. The van der Waals surface area contributed by atoms with E-state index in [1.807, 2.05) is 0 Å². The van der Waals surface area contributed by atoms with Gasteiger partial charge in [0.15, 0.2) is 5.78 Å². The molecule has 2 amide bonds. The van der Waals surface area contributed by atoms with Crippen LogP contribution >= 0.6 is 15.9 Å². The van der Waals surface area contributed by atoms with E-state index in [0.717, 1.165) is 9.37 Å². The highest BCUT2D eigenvalue weighted by molar-refractivity contribution is 9.10. The Morgan fingerprint density at radius 2 is 1.83 bits per heavy atom. The van der Waals surface area contributed by atoms with Crippen LogP contribution in [0, 0.1) is 0 Å². The summed E-state index contributed by atoms with van der Waals surface area (Å²) >= 11 is 3.30. The van der Waals surface area contributed by atoms with Crippen molar-refractivity contribution in [3.8, 4) is 0 Å². The Morgan fingerprint density at radius 3 is 2.57 bits per heavy atom. The van der Waals surface area contributed by atoms with Crippen LogP contribution in [0.25, 0.3) is 0 Å². The van der Waals surface area contributed by atoms with Gasteiger partial charge >= 0.3 is 0 Å². The van der Waals surface area contributed by atoms with Crippen LogP contribution in [0.1, 0.15) is 38.0 Å². The van der Waals surface area contributed by atoms with Gasteiger partial charge in [-0.2, -0.15) is 0 Å². The minimum atomic E-state index is -0.332. The first-order valence-electron chi connectivity index (χ1n) is 6.98. The fourth-order valence-corrected chi connectivity index (χ4v) is 2.79. The number of carbonyl (C=O) groups excluding carboxylic acids is 3. The summed E-state index contributed by atoms with van der Waals surface area (Å²) in [4.78, 5) is 37.2. The number of Topliss-reactive ketones (excluding diaryl/α,β-unsaturated/α-hetero) is 1. The lowest BCUT2D eigenvalue weighted by Gasteiger charge is -2.16. The van der Waals surface area contributed by atoms with E-state index >= 15 is 0 Å². The van der Waals surface area contributed by atoms with Crippen molar-refractivity contribution in [2.75, 3.05) is 12.0 Å². The molecule has 2 aromatic carbocycles. The smallest absolute Gasteiger partial charge is 0.263 e. The predicted octanol–water partition coefficient (Wildman–Crippen LogP) is 3.32. The molecular weight excluding hydrogens is 360 g/mol. The van der Waals surface area contributed by atoms with E-state index in [2.05, 4.69) is 21.2 Å². The molecule has 116 valence electrons. The van der Waals surface area contributed by atoms with Crippen LogP contribution in [0.2, 0.25) is 0 Å². The van der Waals surface area contributed by atoms with Gasteiger partial charge in [-0.1, -0.05) is 28.1 Å². The van der Waals surface area contributed by atoms with E-state index in [4.69, 9.17) is 0 Å². The van der Waals surface area contributed by atoms with Crippen LogP contribution in [0.4, 0.5) is 5.69 Å². The first kappa shape index (κ1) is 15.4. The van der Waals surface area contributed by atoms with Gasteiger partial charge in [0, 0.05) is 15.7 Å². The fourth-order valence-electron chi connectivity index (χ4n) is 2.43. The van der Waals surface area contributed by atoms with Crippen molar-refractivity contribution >= 4 is 39.2 Å². The SMILES string of the molecule is CC(=O)c1cccc(NCN2C(=O)c3ccc(Br)cc3C2=O)c1. The third-order valence-electron chi connectivity index (χ3n) is 3.64. The molecule has 1 heterocycles. The van der Waals surface area contributed by atoms with Gasteiger partial charge in [0.05, 0.1) is 17.8 Å². The number of benzene rings is 2. The molecule has 1 aliphatic rings. The van der Waals surface area contributed by atoms with Gasteiger partial charge in [0.25, 0.3) is 11.8 Å². The maximum atomic E-state index is 12.3. The van der Waals surface area contributed by atoms with Crippen LogP contribution in [0.15, 0.2) is 46.9 Å². The maximum absolute atomic E-state index is 12.3. The zero-order valence-corrected chi connectivity index (χ0v) is 13.9. The molecule has 0 radical (unpaired) electrons. The summed E-state index contributed by atoms with van der Waals surface area (Å²) in [5.41, 5.74) is 2.04. The van der Waals surface area contributed by atoms with Gasteiger partial charge in [-0.3, -0.25) is 19.3 Å². The second-order valence-corrected chi connectivity index (χ2v) is 6.12. The van der Waals surface area contributed by atoms with Crippen molar-refractivity contribution in [2.45, 2.75) is 6.92 Å². The predicted molar refractivity (Wildman–Crippen MR) is 89.6 cm³/mol. The van der Waals surface area contributed by atoms with Gasteiger partial charge in [-0.15, -0.1) is 0 Å². The first-order chi connectivity index (χ1) is 11.0. The quantitative estimate of drug-likeness (QED) is 0.660. The second kappa shape index (κ2) is 5.96. The number of carbonyl (C=O) groups is 3. The summed E-state index contributed by atoms with van der Waals surface area (Å²) in [5, 5.41) is 3.01. The summed E-state index contributed by atoms with van der Waals surface area (Å²) in [6.45, 7) is 1.53. The molecule has 0 fully saturated rings. The molecule has 0 saturated heterocycles. The van der Waals surface area contributed by atoms with Crippen molar-refractivity contribution in [1.29, 1.82) is 0 Å². The second-order valence-electron chi connectivity index (χ2n) is 5.20. The molecule has 23 heavy (non-hydrogen) atoms. The first-order valence-corrected chi connectivity index (χ1v) is 7.77. The Balaban J connectivity index is 1.77. The normalized spacial score (nSPS) is 13.2. The van der Waals surface area contributed by atoms with Crippen molar-refractivity contribution in [3.05, 3.63) is 63.6 Å². The number of fused-ring (bicyclic) bond motifs is 1. The Kier molecular flexibility index (Phi) is 4.00. The summed E-state index contributed by atoms with van der Waals surface area (Å²) in [5.74, 6) is -0.700. The summed E-state index contributed by atoms with van der Waals surface area (Å²) < 4.78 is 0.751. The number of imide groups is 1. The van der Waals surface area contributed by atoms with E-state index in [1.54, 1.807) is 42.5 Å². The average Bonchev–Trinajstić information content (AvgIpc) is 2.76. The Hall–Kier alpha value is -2.47. The van der Waals surface area contributed by atoms with Crippen LogP contribution in [-0.2, 0) is 0 Å². The average molecular weight is 373 g/mol. The van der Waals surface area contributed by atoms with E-state index < -0.39 is 0 Å². The van der Waals surface area contributed by atoms with Gasteiger partial charge in [-0.05, 0) is 37.3 Å². The Bertz CT molecular complexity index is 832.